The summed E-state index contributed by atoms with van der Waals surface area (Å²) in [5.74, 6) is 1.56. The second kappa shape index (κ2) is 7.44. The average Bonchev–Trinajstić information content (AvgIpc) is 2.35. The van der Waals surface area contributed by atoms with Crippen molar-refractivity contribution < 1.29 is 4.79 Å². The van der Waals surface area contributed by atoms with Gasteiger partial charge in [0, 0.05) is 48.6 Å². The molecular formula is C24H46N2O. The molecular weight excluding hydrogens is 332 g/mol. The summed E-state index contributed by atoms with van der Waals surface area (Å²) >= 11 is 0. The SMILES string of the molecule is CC(C)(C)CC1CN(C(C)(C)CCC(C)(C)C(=O)C2CN(C(C)(C)C)C2)C1. The molecule has 0 amide bonds. The predicted octanol–water partition coefficient (Wildman–Crippen LogP) is 5.24. The van der Waals surface area contributed by atoms with Gasteiger partial charge in [-0.1, -0.05) is 34.6 Å². The zero-order chi connectivity index (χ0) is 20.8. The van der Waals surface area contributed by atoms with Crippen LogP contribution in [0.2, 0.25) is 0 Å². The fourth-order valence-electron chi connectivity index (χ4n) is 4.70. The first-order chi connectivity index (χ1) is 12.0. The van der Waals surface area contributed by atoms with Gasteiger partial charge in [-0.05, 0) is 65.2 Å². The molecule has 2 fully saturated rings. The Morgan fingerprint density at radius 2 is 1.30 bits per heavy atom. The fourth-order valence-corrected chi connectivity index (χ4v) is 4.70. The molecule has 2 heterocycles. The number of carbonyl (C=O) groups is 1. The second-order valence-corrected chi connectivity index (χ2v) is 12.9. The maximum atomic E-state index is 13.1. The van der Waals surface area contributed by atoms with Gasteiger partial charge in [0.1, 0.15) is 5.78 Å². The standard InChI is InChI=1S/C24H46N2O/c1-21(2,3)13-18-14-26(15-18)24(9,10)12-11-23(7,8)20(27)19-16-25(17-19)22(4,5)6/h18-19H,11-17H2,1-10H3. The number of hydrogen-bond acceptors (Lipinski definition) is 3. The number of rotatable bonds is 7. The van der Waals surface area contributed by atoms with Crippen LogP contribution in [0.15, 0.2) is 0 Å². The molecule has 2 rings (SSSR count). The number of nitrogens with zero attached hydrogens (tertiary/aromatic N) is 2. The summed E-state index contributed by atoms with van der Waals surface area (Å²) in [5, 5.41) is 0. The summed E-state index contributed by atoms with van der Waals surface area (Å²) in [7, 11) is 0. The van der Waals surface area contributed by atoms with E-state index in [-0.39, 0.29) is 22.4 Å². The van der Waals surface area contributed by atoms with E-state index in [1.807, 2.05) is 0 Å². The highest BCUT2D eigenvalue weighted by Crippen LogP contribution is 2.39. The first-order valence-electron chi connectivity index (χ1n) is 11.1. The van der Waals surface area contributed by atoms with Gasteiger partial charge in [0.25, 0.3) is 0 Å². The van der Waals surface area contributed by atoms with Crippen molar-refractivity contribution in [3.05, 3.63) is 0 Å². The molecule has 3 nitrogen and oxygen atoms in total. The monoisotopic (exact) mass is 378 g/mol. The molecule has 0 spiro atoms. The van der Waals surface area contributed by atoms with Crippen LogP contribution in [0, 0.1) is 22.7 Å². The molecule has 0 bridgehead atoms. The van der Waals surface area contributed by atoms with Crippen molar-refractivity contribution in [1.29, 1.82) is 0 Å². The molecule has 0 aromatic rings. The van der Waals surface area contributed by atoms with Crippen LogP contribution in [0.5, 0.6) is 0 Å². The van der Waals surface area contributed by atoms with E-state index in [1.165, 1.54) is 19.5 Å². The van der Waals surface area contributed by atoms with Crippen LogP contribution in [0.1, 0.15) is 88.5 Å². The minimum absolute atomic E-state index is 0.185. The first kappa shape index (κ1) is 22.9. The highest BCUT2D eigenvalue weighted by molar-refractivity contribution is 5.87. The molecule has 158 valence electrons. The Morgan fingerprint density at radius 3 is 1.74 bits per heavy atom. The van der Waals surface area contributed by atoms with E-state index in [9.17, 15) is 4.79 Å². The quantitative estimate of drug-likeness (QED) is 0.605. The van der Waals surface area contributed by atoms with Crippen LogP contribution in [0.4, 0.5) is 0 Å². The maximum Gasteiger partial charge on any atom is 0.144 e. The van der Waals surface area contributed by atoms with Crippen LogP contribution < -0.4 is 0 Å². The zero-order valence-electron chi connectivity index (χ0n) is 19.9. The summed E-state index contributed by atoms with van der Waals surface area (Å²) in [4.78, 5) is 18.1. The Labute approximate surface area is 169 Å². The third kappa shape index (κ3) is 5.79. The minimum atomic E-state index is -0.207. The normalized spacial score (nSPS) is 21.9. The lowest BCUT2D eigenvalue weighted by atomic mass is 9.72. The van der Waals surface area contributed by atoms with Gasteiger partial charge in [0.05, 0.1) is 0 Å². The van der Waals surface area contributed by atoms with E-state index in [2.05, 4.69) is 79.0 Å². The molecule has 0 aromatic heterocycles. The van der Waals surface area contributed by atoms with Crippen LogP contribution in [-0.2, 0) is 4.79 Å². The smallest absolute Gasteiger partial charge is 0.144 e. The van der Waals surface area contributed by atoms with Crippen LogP contribution in [0.25, 0.3) is 0 Å². The van der Waals surface area contributed by atoms with Crippen LogP contribution in [0.3, 0.4) is 0 Å². The van der Waals surface area contributed by atoms with E-state index < -0.39 is 0 Å². The third-order valence-corrected chi connectivity index (χ3v) is 6.94. The summed E-state index contributed by atoms with van der Waals surface area (Å²) in [6, 6.07) is 0. The van der Waals surface area contributed by atoms with Crippen molar-refractivity contribution >= 4 is 5.78 Å². The van der Waals surface area contributed by atoms with E-state index >= 15 is 0 Å². The Bertz CT molecular complexity index is 524. The van der Waals surface area contributed by atoms with Gasteiger partial charge in [-0.3, -0.25) is 14.6 Å². The fraction of sp³-hybridized carbons (Fsp3) is 0.958. The summed E-state index contributed by atoms with van der Waals surface area (Å²) in [5.41, 5.74) is 0.605. The number of hydrogen-bond donors (Lipinski definition) is 0. The molecule has 0 radical (unpaired) electrons. The minimum Gasteiger partial charge on any atom is -0.299 e. The highest BCUT2D eigenvalue weighted by Gasteiger charge is 2.45. The number of carbonyl (C=O) groups excluding carboxylic acids is 1. The lowest BCUT2D eigenvalue weighted by Gasteiger charge is -2.52. The Balaban J connectivity index is 1.80. The highest BCUT2D eigenvalue weighted by atomic mass is 16.1. The maximum absolute atomic E-state index is 13.1. The topological polar surface area (TPSA) is 23.6 Å². The molecule has 0 N–H and O–H groups in total. The van der Waals surface area contributed by atoms with Crippen molar-refractivity contribution in [2.24, 2.45) is 22.7 Å². The van der Waals surface area contributed by atoms with Gasteiger partial charge in [-0.25, -0.2) is 0 Å². The van der Waals surface area contributed by atoms with Crippen molar-refractivity contribution in [2.45, 2.75) is 99.6 Å². The van der Waals surface area contributed by atoms with Gasteiger partial charge < -0.3 is 0 Å². The third-order valence-electron chi connectivity index (χ3n) is 6.94. The van der Waals surface area contributed by atoms with Gasteiger partial charge in [0.2, 0.25) is 0 Å². The molecule has 0 unspecified atom stereocenters. The van der Waals surface area contributed by atoms with Gasteiger partial charge in [0.15, 0.2) is 0 Å². The Hall–Kier alpha value is -0.410. The number of likely N-dealkylation sites (tertiary alicyclic amines) is 2. The molecule has 27 heavy (non-hydrogen) atoms. The summed E-state index contributed by atoms with van der Waals surface area (Å²) < 4.78 is 0. The zero-order valence-corrected chi connectivity index (χ0v) is 19.9. The number of ketones is 1. The predicted molar refractivity (Wildman–Crippen MR) is 116 cm³/mol. The molecule has 0 aliphatic carbocycles. The number of Topliss-reactive ketones (excluding diaryl/α,β-unsaturated/α-hetero) is 1. The van der Waals surface area contributed by atoms with E-state index in [0.717, 1.165) is 31.8 Å². The van der Waals surface area contributed by atoms with Crippen molar-refractivity contribution in [1.82, 2.24) is 9.80 Å². The lowest BCUT2D eigenvalue weighted by Crippen LogP contribution is -2.60. The molecule has 2 aliphatic heterocycles. The molecule has 3 heteroatoms. The van der Waals surface area contributed by atoms with E-state index in [1.54, 1.807) is 0 Å². The largest absolute Gasteiger partial charge is 0.299 e. The molecule has 0 aromatic carbocycles. The summed E-state index contributed by atoms with van der Waals surface area (Å²) in [6.07, 6.45) is 3.41. The lowest BCUT2D eigenvalue weighted by molar-refractivity contribution is -0.140. The van der Waals surface area contributed by atoms with Gasteiger partial charge in [-0.15, -0.1) is 0 Å². The van der Waals surface area contributed by atoms with E-state index in [0.29, 0.717) is 11.2 Å². The Kier molecular flexibility index (Phi) is 6.31. The summed E-state index contributed by atoms with van der Waals surface area (Å²) in [6.45, 7) is 27.1. The van der Waals surface area contributed by atoms with E-state index in [4.69, 9.17) is 0 Å². The van der Waals surface area contributed by atoms with Gasteiger partial charge >= 0.3 is 0 Å². The second-order valence-electron chi connectivity index (χ2n) is 12.9. The molecule has 0 saturated carbocycles. The van der Waals surface area contributed by atoms with Crippen molar-refractivity contribution in [2.75, 3.05) is 26.2 Å². The van der Waals surface area contributed by atoms with Crippen LogP contribution in [-0.4, -0.2) is 52.8 Å². The molecule has 2 aliphatic rings. The average molecular weight is 379 g/mol. The van der Waals surface area contributed by atoms with Crippen LogP contribution >= 0.6 is 0 Å². The molecule has 2 saturated heterocycles. The van der Waals surface area contributed by atoms with Crippen molar-refractivity contribution in [3.63, 3.8) is 0 Å². The van der Waals surface area contributed by atoms with Gasteiger partial charge in [-0.2, -0.15) is 0 Å². The molecule has 0 atom stereocenters. The van der Waals surface area contributed by atoms with Crippen molar-refractivity contribution in [3.8, 4) is 0 Å². The first-order valence-corrected chi connectivity index (χ1v) is 11.1. The Morgan fingerprint density at radius 1 is 0.778 bits per heavy atom.